The third kappa shape index (κ3) is 3.76. The minimum Gasteiger partial charge on any atom is -0.493 e. The highest BCUT2D eigenvalue weighted by Crippen LogP contribution is 2.52. The second-order valence-corrected chi connectivity index (χ2v) is 7.73. The van der Waals surface area contributed by atoms with Crippen LogP contribution in [0.4, 0.5) is 0 Å². The van der Waals surface area contributed by atoms with Gasteiger partial charge in [0.1, 0.15) is 0 Å². The molecule has 1 heterocycles. The molecule has 164 valence electrons. The van der Waals surface area contributed by atoms with Crippen molar-refractivity contribution < 1.29 is 28.4 Å². The molecule has 2 aromatic carbocycles. The van der Waals surface area contributed by atoms with Crippen molar-refractivity contribution in [1.82, 2.24) is 0 Å². The van der Waals surface area contributed by atoms with Gasteiger partial charge in [-0.3, -0.25) is 0 Å². The molecule has 3 rings (SSSR count). The standard InChI is InChI=1S/C24H32O6/c1-13-9-16(10-18(25-4)21(13)28-7)22-14(2)15(3)23(30-22)17-11-19(26-5)24(29-8)20(12-17)27-6/h9-12,14-15,22-23H,1-8H3/t14-,15+,22-,23+/m0/s1. The zero-order valence-corrected chi connectivity index (χ0v) is 19.1. The molecule has 1 aliphatic rings. The summed E-state index contributed by atoms with van der Waals surface area (Å²) in [6, 6.07) is 8.07. The summed E-state index contributed by atoms with van der Waals surface area (Å²) < 4.78 is 34.2. The molecule has 0 spiro atoms. The maximum absolute atomic E-state index is 6.61. The van der Waals surface area contributed by atoms with E-state index in [2.05, 4.69) is 19.9 Å². The fourth-order valence-electron chi connectivity index (χ4n) is 4.33. The van der Waals surface area contributed by atoms with Crippen molar-refractivity contribution >= 4 is 0 Å². The first-order valence-corrected chi connectivity index (χ1v) is 10.1. The Morgan fingerprint density at radius 1 is 0.600 bits per heavy atom. The summed E-state index contributed by atoms with van der Waals surface area (Å²) in [5.74, 6) is 3.88. The van der Waals surface area contributed by atoms with Gasteiger partial charge in [-0.1, -0.05) is 13.8 Å². The summed E-state index contributed by atoms with van der Waals surface area (Å²) in [4.78, 5) is 0. The van der Waals surface area contributed by atoms with Crippen LogP contribution in [0.5, 0.6) is 28.7 Å². The van der Waals surface area contributed by atoms with Crippen molar-refractivity contribution in [2.75, 3.05) is 35.5 Å². The summed E-state index contributed by atoms with van der Waals surface area (Å²) in [6.07, 6.45) is -0.172. The van der Waals surface area contributed by atoms with E-state index < -0.39 is 0 Å². The summed E-state index contributed by atoms with van der Waals surface area (Å²) >= 11 is 0. The molecule has 0 bridgehead atoms. The Balaban J connectivity index is 1.99. The maximum atomic E-state index is 6.61. The van der Waals surface area contributed by atoms with Crippen molar-refractivity contribution in [1.29, 1.82) is 0 Å². The normalized spacial score (nSPS) is 23.2. The largest absolute Gasteiger partial charge is 0.493 e. The molecular formula is C24H32O6. The number of hydrogen-bond acceptors (Lipinski definition) is 6. The Labute approximate surface area is 179 Å². The summed E-state index contributed by atoms with van der Waals surface area (Å²) in [5.41, 5.74) is 3.11. The summed E-state index contributed by atoms with van der Waals surface area (Å²) in [7, 11) is 8.16. The van der Waals surface area contributed by atoms with E-state index in [-0.39, 0.29) is 18.1 Å². The van der Waals surface area contributed by atoms with Gasteiger partial charge in [-0.25, -0.2) is 0 Å². The molecule has 0 aromatic heterocycles. The molecule has 0 unspecified atom stereocenters. The first-order valence-electron chi connectivity index (χ1n) is 10.1. The second-order valence-electron chi connectivity index (χ2n) is 7.73. The van der Waals surface area contributed by atoms with Gasteiger partial charge in [0.05, 0.1) is 47.8 Å². The fourth-order valence-corrected chi connectivity index (χ4v) is 4.33. The van der Waals surface area contributed by atoms with E-state index in [1.165, 1.54) is 0 Å². The topological polar surface area (TPSA) is 55.4 Å². The van der Waals surface area contributed by atoms with Crippen LogP contribution < -0.4 is 23.7 Å². The van der Waals surface area contributed by atoms with Gasteiger partial charge in [-0.05, 0) is 59.7 Å². The first-order chi connectivity index (χ1) is 14.4. The Morgan fingerprint density at radius 3 is 1.40 bits per heavy atom. The molecule has 0 saturated carbocycles. The molecule has 0 N–H and O–H groups in total. The first kappa shape index (κ1) is 22.1. The van der Waals surface area contributed by atoms with E-state index in [0.717, 1.165) is 22.4 Å². The fraction of sp³-hybridized carbons (Fsp3) is 0.500. The van der Waals surface area contributed by atoms with E-state index >= 15 is 0 Å². The third-order valence-corrected chi connectivity index (χ3v) is 6.11. The van der Waals surface area contributed by atoms with Gasteiger partial charge in [-0.15, -0.1) is 0 Å². The Hall–Kier alpha value is -2.60. The van der Waals surface area contributed by atoms with Crippen LogP contribution in [0.1, 0.15) is 42.7 Å². The quantitative estimate of drug-likeness (QED) is 0.624. The Bertz CT molecular complexity index is 869. The maximum Gasteiger partial charge on any atom is 0.203 e. The van der Waals surface area contributed by atoms with Crippen LogP contribution in [-0.2, 0) is 4.74 Å². The highest BCUT2D eigenvalue weighted by Gasteiger charge is 2.41. The monoisotopic (exact) mass is 416 g/mol. The molecule has 1 fully saturated rings. The van der Waals surface area contributed by atoms with Gasteiger partial charge in [0.2, 0.25) is 5.75 Å². The van der Waals surface area contributed by atoms with Crippen LogP contribution >= 0.6 is 0 Å². The molecule has 2 aromatic rings. The summed E-state index contributed by atoms with van der Waals surface area (Å²) in [5, 5.41) is 0. The molecule has 0 radical (unpaired) electrons. The zero-order chi connectivity index (χ0) is 22.0. The SMILES string of the molecule is COc1cc([C@H]2O[C@@H](c3cc(OC)c(OC)c(OC)c3)[C@H](C)[C@@H]2C)cc(C)c1OC. The second kappa shape index (κ2) is 9.04. The molecule has 1 saturated heterocycles. The van der Waals surface area contributed by atoms with Gasteiger partial charge in [0.15, 0.2) is 23.0 Å². The average Bonchev–Trinajstić information content (AvgIpc) is 3.06. The van der Waals surface area contributed by atoms with Crippen LogP contribution in [-0.4, -0.2) is 35.5 Å². The predicted octanol–water partition coefficient (Wildman–Crippen LogP) is 5.12. The average molecular weight is 417 g/mol. The minimum atomic E-state index is -0.105. The van der Waals surface area contributed by atoms with E-state index in [1.54, 1.807) is 35.5 Å². The highest BCUT2D eigenvalue weighted by atomic mass is 16.5. The zero-order valence-electron chi connectivity index (χ0n) is 19.1. The molecule has 1 aliphatic heterocycles. The number of ether oxygens (including phenoxy) is 6. The van der Waals surface area contributed by atoms with Crippen molar-refractivity contribution in [3.63, 3.8) is 0 Å². The lowest BCUT2D eigenvalue weighted by molar-refractivity contribution is 0.0286. The van der Waals surface area contributed by atoms with E-state index in [4.69, 9.17) is 28.4 Å². The number of methoxy groups -OCH3 is 5. The van der Waals surface area contributed by atoms with Crippen molar-refractivity contribution in [2.24, 2.45) is 11.8 Å². The highest BCUT2D eigenvalue weighted by molar-refractivity contribution is 5.54. The smallest absolute Gasteiger partial charge is 0.203 e. The van der Waals surface area contributed by atoms with Gasteiger partial charge in [-0.2, -0.15) is 0 Å². The molecular weight excluding hydrogens is 384 g/mol. The Kier molecular flexibility index (Phi) is 6.66. The van der Waals surface area contributed by atoms with Crippen molar-refractivity contribution in [2.45, 2.75) is 33.0 Å². The molecule has 4 atom stereocenters. The number of aryl methyl sites for hydroxylation is 1. The third-order valence-electron chi connectivity index (χ3n) is 6.11. The summed E-state index contributed by atoms with van der Waals surface area (Å²) in [6.45, 7) is 6.45. The van der Waals surface area contributed by atoms with E-state index in [1.807, 2.05) is 25.1 Å². The molecule has 30 heavy (non-hydrogen) atoms. The van der Waals surface area contributed by atoms with Crippen LogP contribution in [0.2, 0.25) is 0 Å². The van der Waals surface area contributed by atoms with Crippen LogP contribution in [0.3, 0.4) is 0 Å². The predicted molar refractivity (Wildman–Crippen MR) is 115 cm³/mol. The van der Waals surface area contributed by atoms with E-state index in [0.29, 0.717) is 28.9 Å². The lowest BCUT2D eigenvalue weighted by atomic mass is 9.85. The van der Waals surface area contributed by atoms with Gasteiger partial charge < -0.3 is 28.4 Å². The van der Waals surface area contributed by atoms with Crippen LogP contribution in [0.25, 0.3) is 0 Å². The molecule has 6 nitrogen and oxygen atoms in total. The van der Waals surface area contributed by atoms with Gasteiger partial charge in [0, 0.05) is 0 Å². The number of hydrogen-bond donors (Lipinski definition) is 0. The van der Waals surface area contributed by atoms with Crippen LogP contribution in [0, 0.1) is 18.8 Å². The van der Waals surface area contributed by atoms with Crippen LogP contribution in [0.15, 0.2) is 24.3 Å². The van der Waals surface area contributed by atoms with Crippen molar-refractivity contribution in [3.05, 3.63) is 41.0 Å². The lowest BCUT2D eigenvalue weighted by Crippen LogP contribution is -2.10. The van der Waals surface area contributed by atoms with Gasteiger partial charge >= 0.3 is 0 Å². The minimum absolute atomic E-state index is 0.0670. The van der Waals surface area contributed by atoms with Crippen molar-refractivity contribution in [3.8, 4) is 28.7 Å². The lowest BCUT2D eigenvalue weighted by Gasteiger charge is -2.20. The van der Waals surface area contributed by atoms with Gasteiger partial charge in [0.25, 0.3) is 0 Å². The molecule has 0 amide bonds. The Morgan fingerprint density at radius 2 is 1.00 bits per heavy atom. The number of rotatable bonds is 7. The number of benzene rings is 2. The van der Waals surface area contributed by atoms with E-state index in [9.17, 15) is 0 Å². The molecule has 0 aliphatic carbocycles. The molecule has 6 heteroatoms.